The number of ether oxygens (including phenoxy) is 1. The lowest BCUT2D eigenvalue weighted by Gasteiger charge is -2.10. The van der Waals surface area contributed by atoms with E-state index in [2.05, 4.69) is 15.6 Å². The zero-order chi connectivity index (χ0) is 20.6. The molecular formula is C25H21N3O2. The highest BCUT2D eigenvalue weighted by molar-refractivity contribution is 6.04. The second-order valence-corrected chi connectivity index (χ2v) is 6.68. The number of anilines is 3. The van der Waals surface area contributed by atoms with Crippen molar-refractivity contribution in [1.82, 2.24) is 4.98 Å². The van der Waals surface area contributed by atoms with E-state index >= 15 is 0 Å². The van der Waals surface area contributed by atoms with Gasteiger partial charge < -0.3 is 15.4 Å². The van der Waals surface area contributed by atoms with Gasteiger partial charge in [0, 0.05) is 11.3 Å². The predicted octanol–water partition coefficient (Wildman–Crippen LogP) is 5.66. The molecule has 2 N–H and O–H groups in total. The lowest BCUT2D eigenvalue weighted by atomic mass is 10.2. The van der Waals surface area contributed by atoms with Crippen molar-refractivity contribution in [2.45, 2.75) is 6.61 Å². The van der Waals surface area contributed by atoms with Gasteiger partial charge in [-0.2, -0.15) is 0 Å². The van der Waals surface area contributed by atoms with E-state index in [9.17, 15) is 4.79 Å². The van der Waals surface area contributed by atoms with Crippen LogP contribution in [0.4, 0.5) is 17.2 Å². The fourth-order valence-corrected chi connectivity index (χ4v) is 2.86. The topological polar surface area (TPSA) is 63.2 Å². The minimum atomic E-state index is -0.163. The van der Waals surface area contributed by atoms with E-state index in [0.717, 1.165) is 17.0 Å². The highest BCUT2D eigenvalue weighted by atomic mass is 16.5. The summed E-state index contributed by atoms with van der Waals surface area (Å²) in [7, 11) is 0. The van der Waals surface area contributed by atoms with Gasteiger partial charge in [-0.15, -0.1) is 0 Å². The Hall–Kier alpha value is -4.12. The summed E-state index contributed by atoms with van der Waals surface area (Å²) in [4.78, 5) is 16.6. The van der Waals surface area contributed by atoms with Crippen molar-refractivity contribution in [1.29, 1.82) is 0 Å². The number of carbonyl (C=O) groups excluding carboxylic acids is 1. The molecule has 5 nitrogen and oxygen atoms in total. The van der Waals surface area contributed by atoms with Crippen molar-refractivity contribution in [2.24, 2.45) is 0 Å². The Kier molecular flexibility index (Phi) is 6.01. The Morgan fingerprint density at radius 1 is 0.767 bits per heavy atom. The van der Waals surface area contributed by atoms with E-state index in [1.165, 1.54) is 0 Å². The van der Waals surface area contributed by atoms with Crippen molar-refractivity contribution < 1.29 is 9.53 Å². The van der Waals surface area contributed by atoms with E-state index in [4.69, 9.17) is 4.74 Å². The SMILES string of the molecule is O=C(Nc1ccc(Nc2ccc(OCc3ccccc3)cc2)nc1)c1ccccc1. The molecule has 0 fully saturated rings. The minimum absolute atomic E-state index is 0.163. The molecule has 0 aliphatic carbocycles. The fourth-order valence-electron chi connectivity index (χ4n) is 2.86. The maximum Gasteiger partial charge on any atom is 0.255 e. The molecule has 1 amide bonds. The Labute approximate surface area is 175 Å². The van der Waals surface area contributed by atoms with Crippen LogP contribution in [0.5, 0.6) is 5.75 Å². The summed E-state index contributed by atoms with van der Waals surface area (Å²) in [5.74, 6) is 1.33. The van der Waals surface area contributed by atoms with Gasteiger partial charge in [-0.1, -0.05) is 48.5 Å². The quantitative estimate of drug-likeness (QED) is 0.424. The molecule has 1 heterocycles. The third-order valence-electron chi connectivity index (χ3n) is 4.43. The first kappa shape index (κ1) is 19.2. The van der Waals surface area contributed by atoms with Crippen molar-refractivity contribution in [3.63, 3.8) is 0 Å². The van der Waals surface area contributed by atoms with E-state index in [-0.39, 0.29) is 5.91 Å². The molecule has 0 atom stereocenters. The average molecular weight is 395 g/mol. The molecule has 1 aromatic heterocycles. The predicted molar refractivity (Wildman–Crippen MR) is 119 cm³/mol. The molecule has 3 aromatic carbocycles. The average Bonchev–Trinajstić information content (AvgIpc) is 2.81. The Balaban J connectivity index is 1.31. The number of nitrogens with one attached hydrogen (secondary N) is 2. The smallest absolute Gasteiger partial charge is 0.255 e. The lowest BCUT2D eigenvalue weighted by Crippen LogP contribution is -2.11. The molecule has 0 unspecified atom stereocenters. The van der Waals surface area contributed by atoms with Crippen LogP contribution in [0, 0.1) is 0 Å². The third kappa shape index (κ3) is 5.23. The summed E-state index contributed by atoms with van der Waals surface area (Å²) >= 11 is 0. The summed E-state index contributed by atoms with van der Waals surface area (Å²) in [5.41, 5.74) is 3.27. The molecule has 0 spiro atoms. The van der Waals surface area contributed by atoms with Crippen LogP contribution in [0.15, 0.2) is 103 Å². The molecule has 0 saturated carbocycles. The van der Waals surface area contributed by atoms with Gasteiger partial charge in [0.25, 0.3) is 5.91 Å². The first-order valence-electron chi connectivity index (χ1n) is 9.62. The number of amides is 1. The second-order valence-electron chi connectivity index (χ2n) is 6.68. The Morgan fingerprint density at radius 2 is 1.43 bits per heavy atom. The van der Waals surface area contributed by atoms with Gasteiger partial charge in [0.2, 0.25) is 0 Å². The number of nitrogens with zero attached hydrogens (tertiary/aromatic N) is 1. The molecule has 0 saturated heterocycles. The number of hydrogen-bond donors (Lipinski definition) is 2. The zero-order valence-corrected chi connectivity index (χ0v) is 16.3. The number of benzene rings is 3. The number of aromatic nitrogens is 1. The standard InChI is InChI=1S/C25H21N3O2/c29-25(20-9-5-2-6-10-20)28-22-13-16-24(26-17-22)27-21-11-14-23(15-12-21)30-18-19-7-3-1-4-8-19/h1-17H,18H2,(H,26,27)(H,28,29). The van der Waals surface area contributed by atoms with E-state index in [1.54, 1.807) is 18.3 Å². The first-order chi connectivity index (χ1) is 14.8. The van der Waals surface area contributed by atoms with Gasteiger partial charge in [-0.25, -0.2) is 4.98 Å². The van der Waals surface area contributed by atoms with E-state index in [0.29, 0.717) is 23.7 Å². The molecule has 4 aromatic rings. The van der Waals surface area contributed by atoms with Crippen LogP contribution in [0.1, 0.15) is 15.9 Å². The molecule has 30 heavy (non-hydrogen) atoms. The van der Waals surface area contributed by atoms with Gasteiger partial charge in [0.1, 0.15) is 18.2 Å². The van der Waals surface area contributed by atoms with Crippen LogP contribution in [-0.4, -0.2) is 10.9 Å². The van der Waals surface area contributed by atoms with E-state index in [1.807, 2.05) is 84.9 Å². The van der Waals surface area contributed by atoms with Crippen molar-refractivity contribution in [3.8, 4) is 5.75 Å². The zero-order valence-electron chi connectivity index (χ0n) is 16.3. The molecule has 0 aliphatic heterocycles. The lowest BCUT2D eigenvalue weighted by molar-refractivity contribution is 0.102. The Morgan fingerprint density at radius 3 is 2.10 bits per heavy atom. The summed E-state index contributed by atoms with van der Waals surface area (Å²) in [5, 5.41) is 6.08. The summed E-state index contributed by atoms with van der Waals surface area (Å²) in [6, 6.07) is 30.5. The van der Waals surface area contributed by atoms with Crippen LogP contribution in [-0.2, 0) is 6.61 Å². The number of carbonyl (C=O) groups is 1. The molecule has 5 heteroatoms. The van der Waals surface area contributed by atoms with Crippen LogP contribution in [0.3, 0.4) is 0 Å². The number of hydrogen-bond acceptors (Lipinski definition) is 4. The van der Waals surface area contributed by atoms with Gasteiger partial charge in [-0.3, -0.25) is 4.79 Å². The summed E-state index contributed by atoms with van der Waals surface area (Å²) in [6.07, 6.45) is 1.63. The summed E-state index contributed by atoms with van der Waals surface area (Å²) in [6.45, 7) is 0.533. The molecule has 0 radical (unpaired) electrons. The fraction of sp³-hybridized carbons (Fsp3) is 0.0400. The minimum Gasteiger partial charge on any atom is -0.489 e. The van der Waals surface area contributed by atoms with Crippen LogP contribution in [0.25, 0.3) is 0 Å². The molecular weight excluding hydrogens is 374 g/mol. The van der Waals surface area contributed by atoms with Gasteiger partial charge >= 0.3 is 0 Å². The highest BCUT2D eigenvalue weighted by Crippen LogP contribution is 2.21. The molecule has 0 bridgehead atoms. The van der Waals surface area contributed by atoms with Crippen molar-refractivity contribution >= 4 is 23.1 Å². The first-order valence-corrected chi connectivity index (χ1v) is 9.62. The van der Waals surface area contributed by atoms with Gasteiger partial charge in [0.15, 0.2) is 0 Å². The van der Waals surface area contributed by atoms with Crippen LogP contribution < -0.4 is 15.4 Å². The van der Waals surface area contributed by atoms with Gasteiger partial charge in [-0.05, 0) is 54.1 Å². The highest BCUT2D eigenvalue weighted by Gasteiger charge is 2.05. The Bertz CT molecular complexity index is 1080. The maximum atomic E-state index is 12.2. The number of pyridine rings is 1. The molecule has 4 rings (SSSR count). The summed E-state index contributed by atoms with van der Waals surface area (Å²) < 4.78 is 5.80. The monoisotopic (exact) mass is 395 g/mol. The normalized spacial score (nSPS) is 10.3. The largest absolute Gasteiger partial charge is 0.489 e. The molecule has 0 aliphatic rings. The molecule has 148 valence electrons. The van der Waals surface area contributed by atoms with Crippen molar-refractivity contribution in [3.05, 3.63) is 114 Å². The second kappa shape index (κ2) is 9.39. The number of rotatable bonds is 7. The van der Waals surface area contributed by atoms with Crippen LogP contribution in [0.2, 0.25) is 0 Å². The van der Waals surface area contributed by atoms with Crippen molar-refractivity contribution in [2.75, 3.05) is 10.6 Å². The maximum absolute atomic E-state index is 12.2. The van der Waals surface area contributed by atoms with Gasteiger partial charge in [0.05, 0.1) is 11.9 Å². The van der Waals surface area contributed by atoms with E-state index < -0.39 is 0 Å². The third-order valence-corrected chi connectivity index (χ3v) is 4.43. The van der Waals surface area contributed by atoms with Crippen LogP contribution >= 0.6 is 0 Å².